The summed E-state index contributed by atoms with van der Waals surface area (Å²) in [7, 11) is 4.17. The Morgan fingerprint density at radius 1 is 1.37 bits per heavy atom. The molecule has 19 heavy (non-hydrogen) atoms. The Morgan fingerprint density at radius 2 is 2.05 bits per heavy atom. The molecule has 0 N–H and O–H groups in total. The largest absolute Gasteiger partial charge is 0.337 e. The number of carbonyl (C=O) groups excluding carboxylic acids is 1. The summed E-state index contributed by atoms with van der Waals surface area (Å²) in [5.74, 6) is 0.628. The van der Waals surface area contributed by atoms with Gasteiger partial charge in [0.25, 0.3) is 5.91 Å². The average molecular weight is 283 g/mol. The minimum Gasteiger partial charge on any atom is -0.337 e. The maximum atomic E-state index is 12.2. The van der Waals surface area contributed by atoms with Gasteiger partial charge in [-0.05, 0) is 32.9 Å². The predicted molar refractivity (Wildman–Crippen MR) is 74.2 cm³/mol. The Labute approximate surface area is 118 Å². The third-order valence-electron chi connectivity index (χ3n) is 3.36. The van der Waals surface area contributed by atoms with E-state index in [1.807, 2.05) is 4.90 Å². The van der Waals surface area contributed by atoms with E-state index in [4.69, 9.17) is 11.6 Å². The van der Waals surface area contributed by atoms with Crippen molar-refractivity contribution in [1.29, 1.82) is 0 Å². The van der Waals surface area contributed by atoms with E-state index in [-0.39, 0.29) is 5.91 Å². The molecule has 2 heterocycles. The summed E-state index contributed by atoms with van der Waals surface area (Å²) in [6, 6.07) is 0. The van der Waals surface area contributed by atoms with Crippen LogP contribution in [0.4, 0.5) is 0 Å². The van der Waals surface area contributed by atoms with Gasteiger partial charge in [0.15, 0.2) is 0 Å². The monoisotopic (exact) mass is 282 g/mol. The van der Waals surface area contributed by atoms with Gasteiger partial charge in [-0.3, -0.25) is 4.79 Å². The fourth-order valence-electron chi connectivity index (χ4n) is 2.42. The SMILES string of the molecule is CN(C)CC1CCN(C(=O)c2cnc(Cl)cn2)CC1. The van der Waals surface area contributed by atoms with Crippen LogP contribution in [0, 0.1) is 5.92 Å². The van der Waals surface area contributed by atoms with Crippen LogP contribution in [0.1, 0.15) is 23.3 Å². The zero-order valence-electron chi connectivity index (χ0n) is 11.3. The van der Waals surface area contributed by atoms with Crippen LogP contribution in [0.15, 0.2) is 12.4 Å². The number of hydrogen-bond acceptors (Lipinski definition) is 4. The first-order valence-electron chi connectivity index (χ1n) is 6.48. The Hall–Kier alpha value is -1.20. The summed E-state index contributed by atoms with van der Waals surface area (Å²) in [6.07, 6.45) is 4.94. The lowest BCUT2D eigenvalue weighted by Gasteiger charge is -2.32. The molecule has 1 aromatic rings. The maximum Gasteiger partial charge on any atom is 0.274 e. The molecule has 0 bridgehead atoms. The van der Waals surface area contributed by atoms with E-state index in [0.717, 1.165) is 32.5 Å². The summed E-state index contributed by atoms with van der Waals surface area (Å²) < 4.78 is 0. The molecule has 0 saturated carbocycles. The van der Waals surface area contributed by atoms with Crippen molar-refractivity contribution in [2.75, 3.05) is 33.7 Å². The second-order valence-corrected chi connectivity index (χ2v) is 5.61. The molecule has 1 aliphatic rings. The fourth-order valence-corrected chi connectivity index (χ4v) is 2.52. The molecule has 5 nitrogen and oxygen atoms in total. The van der Waals surface area contributed by atoms with Gasteiger partial charge < -0.3 is 9.80 Å². The van der Waals surface area contributed by atoms with Crippen LogP contribution < -0.4 is 0 Å². The first-order chi connectivity index (χ1) is 9.06. The van der Waals surface area contributed by atoms with E-state index < -0.39 is 0 Å². The van der Waals surface area contributed by atoms with Crippen molar-refractivity contribution in [3.63, 3.8) is 0 Å². The highest BCUT2D eigenvalue weighted by Gasteiger charge is 2.24. The van der Waals surface area contributed by atoms with Crippen LogP contribution in [-0.2, 0) is 0 Å². The number of piperidine rings is 1. The van der Waals surface area contributed by atoms with Crippen LogP contribution in [0.3, 0.4) is 0 Å². The molecule has 6 heteroatoms. The predicted octanol–water partition coefficient (Wildman–Crippen LogP) is 1.54. The Kier molecular flexibility index (Phi) is 4.71. The van der Waals surface area contributed by atoms with Gasteiger partial charge in [0.2, 0.25) is 0 Å². The van der Waals surface area contributed by atoms with Crippen LogP contribution in [0.5, 0.6) is 0 Å². The van der Waals surface area contributed by atoms with E-state index in [1.165, 1.54) is 12.4 Å². The minimum absolute atomic E-state index is 0.0486. The number of hydrogen-bond donors (Lipinski definition) is 0. The molecular weight excluding hydrogens is 264 g/mol. The second-order valence-electron chi connectivity index (χ2n) is 5.22. The molecule has 1 aliphatic heterocycles. The normalized spacial score (nSPS) is 16.9. The van der Waals surface area contributed by atoms with Gasteiger partial charge in [-0.1, -0.05) is 11.6 Å². The van der Waals surface area contributed by atoms with Crippen LogP contribution in [-0.4, -0.2) is 59.4 Å². The fraction of sp³-hybridized carbons (Fsp3) is 0.615. The average Bonchev–Trinajstić information content (AvgIpc) is 2.39. The van der Waals surface area contributed by atoms with Gasteiger partial charge in [-0.25, -0.2) is 9.97 Å². The third kappa shape index (κ3) is 3.88. The molecule has 104 valence electrons. The molecule has 2 rings (SSSR count). The number of likely N-dealkylation sites (tertiary alicyclic amines) is 1. The number of halogens is 1. The van der Waals surface area contributed by atoms with Gasteiger partial charge in [0, 0.05) is 19.6 Å². The van der Waals surface area contributed by atoms with E-state index in [2.05, 4.69) is 29.0 Å². The van der Waals surface area contributed by atoms with Crippen molar-refractivity contribution in [3.8, 4) is 0 Å². The molecule has 1 fully saturated rings. The van der Waals surface area contributed by atoms with Crippen LogP contribution >= 0.6 is 11.6 Å². The van der Waals surface area contributed by atoms with Crippen molar-refractivity contribution < 1.29 is 4.79 Å². The van der Waals surface area contributed by atoms with E-state index in [1.54, 1.807) is 0 Å². The molecule has 1 aromatic heterocycles. The van der Waals surface area contributed by atoms with Gasteiger partial charge in [-0.2, -0.15) is 0 Å². The number of nitrogens with zero attached hydrogens (tertiary/aromatic N) is 4. The molecule has 0 unspecified atom stereocenters. The van der Waals surface area contributed by atoms with E-state index in [9.17, 15) is 4.79 Å². The second kappa shape index (κ2) is 6.30. The van der Waals surface area contributed by atoms with E-state index >= 15 is 0 Å². The molecule has 1 saturated heterocycles. The quantitative estimate of drug-likeness (QED) is 0.844. The highest BCUT2D eigenvalue weighted by molar-refractivity contribution is 6.29. The molecule has 0 radical (unpaired) electrons. The van der Waals surface area contributed by atoms with Crippen molar-refractivity contribution in [2.45, 2.75) is 12.8 Å². The van der Waals surface area contributed by atoms with Crippen LogP contribution in [0.2, 0.25) is 5.15 Å². The topological polar surface area (TPSA) is 49.3 Å². The first kappa shape index (κ1) is 14.2. The number of aromatic nitrogens is 2. The van der Waals surface area contributed by atoms with Crippen molar-refractivity contribution in [2.24, 2.45) is 5.92 Å². The highest BCUT2D eigenvalue weighted by atomic mass is 35.5. The number of amides is 1. The minimum atomic E-state index is -0.0486. The van der Waals surface area contributed by atoms with Crippen LogP contribution in [0.25, 0.3) is 0 Å². The smallest absolute Gasteiger partial charge is 0.274 e. The summed E-state index contributed by atoms with van der Waals surface area (Å²) >= 11 is 5.67. The molecule has 0 spiro atoms. The first-order valence-corrected chi connectivity index (χ1v) is 6.85. The maximum absolute atomic E-state index is 12.2. The zero-order valence-corrected chi connectivity index (χ0v) is 12.1. The number of rotatable bonds is 3. The summed E-state index contributed by atoms with van der Waals surface area (Å²) in [4.78, 5) is 24.2. The van der Waals surface area contributed by atoms with Gasteiger partial charge in [0.1, 0.15) is 10.8 Å². The van der Waals surface area contributed by atoms with E-state index in [0.29, 0.717) is 16.8 Å². The summed E-state index contributed by atoms with van der Waals surface area (Å²) in [5, 5.41) is 0.307. The van der Waals surface area contributed by atoms with Crippen molar-refractivity contribution in [1.82, 2.24) is 19.8 Å². The molecule has 0 atom stereocenters. The third-order valence-corrected chi connectivity index (χ3v) is 3.56. The van der Waals surface area contributed by atoms with Crippen molar-refractivity contribution in [3.05, 3.63) is 23.2 Å². The van der Waals surface area contributed by atoms with Crippen molar-refractivity contribution >= 4 is 17.5 Å². The summed E-state index contributed by atoms with van der Waals surface area (Å²) in [5.41, 5.74) is 0.371. The lowest BCUT2D eigenvalue weighted by molar-refractivity contribution is 0.0671. The van der Waals surface area contributed by atoms with Gasteiger partial charge in [0.05, 0.1) is 12.4 Å². The van der Waals surface area contributed by atoms with Gasteiger partial charge >= 0.3 is 0 Å². The molecule has 0 aliphatic carbocycles. The lowest BCUT2D eigenvalue weighted by atomic mass is 9.96. The molecular formula is C13H19ClN4O. The Bertz CT molecular complexity index is 427. The standard InChI is InChI=1S/C13H19ClN4O/c1-17(2)9-10-3-5-18(6-4-10)13(19)11-7-16-12(14)8-15-11/h7-8,10H,3-6,9H2,1-2H3. The highest BCUT2D eigenvalue weighted by Crippen LogP contribution is 2.19. The summed E-state index contributed by atoms with van der Waals surface area (Å²) in [6.45, 7) is 2.67. The zero-order chi connectivity index (χ0) is 13.8. The lowest BCUT2D eigenvalue weighted by Crippen LogP contribution is -2.41. The molecule has 0 aromatic carbocycles. The Balaban J connectivity index is 1.90. The Morgan fingerprint density at radius 3 is 2.58 bits per heavy atom. The molecule has 1 amide bonds. The number of carbonyl (C=O) groups is 1. The van der Waals surface area contributed by atoms with Gasteiger partial charge in [-0.15, -0.1) is 0 Å².